The van der Waals surface area contributed by atoms with Crippen LogP contribution < -0.4 is 5.73 Å². The zero-order valence-corrected chi connectivity index (χ0v) is 11.2. The van der Waals surface area contributed by atoms with Crippen molar-refractivity contribution in [1.82, 2.24) is 9.55 Å². The van der Waals surface area contributed by atoms with Gasteiger partial charge in [-0.2, -0.15) is 5.26 Å². The summed E-state index contributed by atoms with van der Waals surface area (Å²) in [7, 11) is 0. The number of para-hydroxylation sites is 1. The first-order valence-corrected chi connectivity index (χ1v) is 6.39. The number of imidazole rings is 1. The van der Waals surface area contributed by atoms with E-state index in [-0.39, 0.29) is 0 Å². The van der Waals surface area contributed by atoms with Crippen molar-refractivity contribution in [2.75, 3.05) is 5.73 Å². The first kappa shape index (κ1) is 12.2. The number of anilines is 1. The summed E-state index contributed by atoms with van der Waals surface area (Å²) in [5.74, 6) is 0.434. The highest BCUT2D eigenvalue weighted by Gasteiger charge is 2.11. The van der Waals surface area contributed by atoms with Crippen molar-refractivity contribution in [2.45, 2.75) is 13.5 Å². The quantitative estimate of drug-likeness (QED) is 0.772. The molecule has 4 nitrogen and oxygen atoms in total. The summed E-state index contributed by atoms with van der Waals surface area (Å²) in [5.41, 5.74) is 10.5. The molecule has 0 amide bonds. The predicted octanol–water partition coefficient (Wildman–Crippen LogP) is 2.85. The Balaban J connectivity index is 2.13. The number of nitriles is 1. The minimum absolute atomic E-state index is 0.434. The SMILES string of the molecule is Cc1cccc(Cn2c(N)nc3c(C#N)cccc32)c1. The fraction of sp³-hybridized carbons (Fsp3) is 0.125. The van der Waals surface area contributed by atoms with Crippen LogP contribution in [0, 0.1) is 18.3 Å². The number of nitrogens with zero attached hydrogens (tertiary/aromatic N) is 3. The smallest absolute Gasteiger partial charge is 0.201 e. The minimum atomic E-state index is 0.434. The van der Waals surface area contributed by atoms with Gasteiger partial charge in [0.2, 0.25) is 5.95 Å². The number of nitrogen functional groups attached to an aromatic ring is 1. The minimum Gasteiger partial charge on any atom is -0.369 e. The van der Waals surface area contributed by atoms with E-state index in [0.717, 1.165) is 5.52 Å². The van der Waals surface area contributed by atoms with Crippen molar-refractivity contribution in [3.8, 4) is 6.07 Å². The van der Waals surface area contributed by atoms with E-state index in [2.05, 4.69) is 36.2 Å². The van der Waals surface area contributed by atoms with Gasteiger partial charge in [-0.3, -0.25) is 0 Å². The van der Waals surface area contributed by atoms with E-state index < -0.39 is 0 Å². The van der Waals surface area contributed by atoms with Gasteiger partial charge >= 0.3 is 0 Å². The molecule has 1 heterocycles. The molecular weight excluding hydrogens is 248 g/mol. The fourth-order valence-corrected chi connectivity index (χ4v) is 2.41. The van der Waals surface area contributed by atoms with Crippen molar-refractivity contribution in [2.24, 2.45) is 0 Å². The van der Waals surface area contributed by atoms with Crippen molar-refractivity contribution in [3.63, 3.8) is 0 Å². The van der Waals surface area contributed by atoms with E-state index in [4.69, 9.17) is 11.0 Å². The molecule has 0 unspecified atom stereocenters. The standard InChI is InChI=1S/C16H14N4/c1-11-4-2-5-12(8-11)10-20-14-7-3-6-13(9-17)15(14)19-16(20)18/h2-8H,10H2,1H3,(H2,18,19). The Morgan fingerprint density at radius 2 is 2.05 bits per heavy atom. The summed E-state index contributed by atoms with van der Waals surface area (Å²) in [4.78, 5) is 4.32. The van der Waals surface area contributed by atoms with Crippen LogP contribution in [0.3, 0.4) is 0 Å². The lowest BCUT2D eigenvalue weighted by molar-refractivity contribution is 0.837. The molecule has 3 aromatic rings. The maximum absolute atomic E-state index is 9.12. The molecule has 0 spiro atoms. The van der Waals surface area contributed by atoms with Gasteiger partial charge in [-0.05, 0) is 24.6 Å². The first-order chi connectivity index (χ1) is 9.69. The fourth-order valence-electron chi connectivity index (χ4n) is 2.41. The number of benzene rings is 2. The van der Waals surface area contributed by atoms with Crippen molar-refractivity contribution in [3.05, 3.63) is 59.2 Å². The lowest BCUT2D eigenvalue weighted by Gasteiger charge is -2.07. The summed E-state index contributed by atoms with van der Waals surface area (Å²) in [6.45, 7) is 2.71. The van der Waals surface area contributed by atoms with Gasteiger partial charge in [0, 0.05) is 0 Å². The molecule has 0 bridgehead atoms. The van der Waals surface area contributed by atoms with Gasteiger partial charge in [0.25, 0.3) is 0 Å². The molecular formula is C16H14N4. The molecule has 0 radical (unpaired) electrons. The van der Waals surface area contributed by atoms with Crippen LogP contribution in [0.25, 0.3) is 11.0 Å². The number of nitrogens with two attached hydrogens (primary N) is 1. The van der Waals surface area contributed by atoms with E-state index in [1.165, 1.54) is 11.1 Å². The maximum atomic E-state index is 9.12. The summed E-state index contributed by atoms with van der Waals surface area (Å²) in [5, 5.41) is 9.12. The molecule has 98 valence electrons. The maximum Gasteiger partial charge on any atom is 0.201 e. The van der Waals surface area contributed by atoms with Gasteiger partial charge in [-0.25, -0.2) is 4.98 Å². The molecule has 0 saturated heterocycles. The van der Waals surface area contributed by atoms with Crippen LogP contribution in [0.2, 0.25) is 0 Å². The van der Waals surface area contributed by atoms with E-state index in [9.17, 15) is 0 Å². The van der Waals surface area contributed by atoms with Crippen LogP contribution in [0.15, 0.2) is 42.5 Å². The Morgan fingerprint density at radius 1 is 1.25 bits per heavy atom. The Kier molecular flexibility index (Phi) is 2.88. The normalized spacial score (nSPS) is 10.6. The highest BCUT2D eigenvalue weighted by molar-refractivity contribution is 5.84. The van der Waals surface area contributed by atoms with Crippen molar-refractivity contribution >= 4 is 17.0 Å². The Hall–Kier alpha value is -2.80. The average Bonchev–Trinajstić information content (AvgIpc) is 2.75. The first-order valence-electron chi connectivity index (χ1n) is 6.39. The zero-order valence-electron chi connectivity index (χ0n) is 11.2. The van der Waals surface area contributed by atoms with Gasteiger partial charge in [0.05, 0.1) is 17.6 Å². The van der Waals surface area contributed by atoms with Crippen LogP contribution in [-0.4, -0.2) is 9.55 Å². The average molecular weight is 262 g/mol. The Labute approximate surface area is 117 Å². The number of aromatic nitrogens is 2. The lowest BCUT2D eigenvalue weighted by atomic mass is 10.1. The third-order valence-corrected chi connectivity index (χ3v) is 3.35. The number of fused-ring (bicyclic) bond motifs is 1. The molecule has 0 fully saturated rings. The van der Waals surface area contributed by atoms with Gasteiger partial charge in [-0.15, -0.1) is 0 Å². The second-order valence-electron chi connectivity index (χ2n) is 4.83. The Morgan fingerprint density at radius 3 is 2.80 bits per heavy atom. The third kappa shape index (κ3) is 1.99. The Bertz CT molecular complexity index is 824. The lowest BCUT2D eigenvalue weighted by Crippen LogP contribution is -2.04. The number of aryl methyl sites for hydroxylation is 1. The molecule has 0 saturated carbocycles. The van der Waals surface area contributed by atoms with Gasteiger partial charge < -0.3 is 10.3 Å². The molecule has 2 aromatic carbocycles. The third-order valence-electron chi connectivity index (χ3n) is 3.35. The van der Waals surface area contributed by atoms with Crippen LogP contribution in [0.5, 0.6) is 0 Å². The molecule has 0 aliphatic rings. The second-order valence-corrected chi connectivity index (χ2v) is 4.83. The van der Waals surface area contributed by atoms with E-state index >= 15 is 0 Å². The number of hydrogen-bond acceptors (Lipinski definition) is 3. The van der Waals surface area contributed by atoms with E-state index in [1.807, 2.05) is 22.8 Å². The monoisotopic (exact) mass is 262 g/mol. The van der Waals surface area contributed by atoms with Crippen molar-refractivity contribution < 1.29 is 0 Å². The van der Waals surface area contributed by atoms with Gasteiger partial charge in [0.15, 0.2) is 0 Å². The highest BCUT2D eigenvalue weighted by Crippen LogP contribution is 2.22. The van der Waals surface area contributed by atoms with Crippen LogP contribution in [-0.2, 0) is 6.54 Å². The number of hydrogen-bond donors (Lipinski definition) is 1. The molecule has 2 N–H and O–H groups in total. The zero-order chi connectivity index (χ0) is 14.1. The summed E-state index contributed by atoms with van der Waals surface area (Å²) in [6, 6.07) is 16.0. The largest absolute Gasteiger partial charge is 0.369 e. The van der Waals surface area contributed by atoms with Crippen LogP contribution in [0.4, 0.5) is 5.95 Å². The highest BCUT2D eigenvalue weighted by atomic mass is 15.1. The molecule has 0 aliphatic heterocycles. The molecule has 0 aliphatic carbocycles. The van der Waals surface area contributed by atoms with Gasteiger partial charge in [-0.1, -0.05) is 35.9 Å². The molecule has 3 rings (SSSR count). The summed E-state index contributed by atoms with van der Waals surface area (Å²) >= 11 is 0. The summed E-state index contributed by atoms with van der Waals surface area (Å²) < 4.78 is 1.94. The molecule has 1 aromatic heterocycles. The predicted molar refractivity (Wildman–Crippen MR) is 79.1 cm³/mol. The summed E-state index contributed by atoms with van der Waals surface area (Å²) in [6.07, 6.45) is 0. The van der Waals surface area contributed by atoms with E-state index in [0.29, 0.717) is 23.6 Å². The molecule has 0 atom stereocenters. The van der Waals surface area contributed by atoms with Gasteiger partial charge in [0.1, 0.15) is 11.6 Å². The topological polar surface area (TPSA) is 67.6 Å². The van der Waals surface area contributed by atoms with Crippen LogP contribution in [0.1, 0.15) is 16.7 Å². The van der Waals surface area contributed by atoms with E-state index in [1.54, 1.807) is 6.07 Å². The molecule has 4 heteroatoms. The molecule has 20 heavy (non-hydrogen) atoms. The number of rotatable bonds is 2. The van der Waals surface area contributed by atoms with Crippen LogP contribution >= 0.6 is 0 Å². The van der Waals surface area contributed by atoms with Crippen molar-refractivity contribution in [1.29, 1.82) is 5.26 Å². The second kappa shape index (κ2) is 4.71.